The van der Waals surface area contributed by atoms with Gasteiger partial charge in [0.15, 0.2) is 0 Å². The summed E-state index contributed by atoms with van der Waals surface area (Å²) in [4.78, 5) is 17.1. The Bertz CT molecular complexity index is 508. The van der Waals surface area contributed by atoms with Gasteiger partial charge < -0.3 is 15.0 Å². The van der Waals surface area contributed by atoms with E-state index in [1.165, 1.54) is 0 Å². The average Bonchev–Trinajstić information content (AvgIpc) is 2.55. The van der Waals surface area contributed by atoms with Gasteiger partial charge in [-0.1, -0.05) is 26.0 Å². The summed E-state index contributed by atoms with van der Waals surface area (Å²) in [6, 6.07) is 8.04. The first-order valence-electron chi connectivity index (χ1n) is 8.82. The fourth-order valence-electron chi connectivity index (χ4n) is 2.98. The number of methoxy groups -OCH3 is 1. The third kappa shape index (κ3) is 5.80. The van der Waals surface area contributed by atoms with Crippen LogP contribution in [0, 0.1) is 5.92 Å². The van der Waals surface area contributed by atoms with Crippen molar-refractivity contribution < 1.29 is 9.53 Å². The fourth-order valence-corrected chi connectivity index (χ4v) is 2.98. The highest BCUT2D eigenvalue weighted by Gasteiger charge is 2.21. The average molecular weight is 333 g/mol. The van der Waals surface area contributed by atoms with Crippen LogP contribution in [0.2, 0.25) is 0 Å². The van der Waals surface area contributed by atoms with Gasteiger partial charge in [0.05, 0.1) is 13.2 Å². The molecule has 0 aliphatic carbocycles. The molecule has 2 rings (SSSR count). The van der Waals surface area contributed by atoms with Crippen LogP contribution in [0.15, 0.2) is 24.3 Å². The highest BCUT2D eigenvalue weighted by molar-refractivity contribution is 5.76. The molecule has 1 aliphatic rings. The standard InChI is InChI=1S/C19H31N3O2/c1-15(2)13-19(23)20-18(14-22-11-9-21(3)10-12-22)16-5-7-17(24-4)8-6-16/h5-8,15,18H,9-14H2,1-4H3,(H,20,23). The van der Waals surface area contributed by atoms with Crippen LogP contribution in [0.5, 0.6) is 5.75 Å². The van der Waals surface area contributed by atoms with E-state index in [2.05, 4.69) is 48.1 Å². The fraction of sp³-hybridized carbons (Fsp3) is 0.632. The van der Waals surface area contributed by atoms with Gasteiger partial charge in [0, 0.05) is 39.1 Å². The Kier molecular flexibility index (Phi) is 7.06. The summed E-state index contributed by atoms with van der Waals surface area (Å²) in [5, 5.41) is 3.23. The largest absolute Gasteiger partial charge is 0.497 e. The summed E-state index contributed by atoms with van der Waals surface area (Å²) in [7, 11) is 3.82. The minimum absolute atomic E-state index is 0.0190. The lowest BCUT2D eigenvalue weighted by molar-refractivity contribution is -0.122. The van der Waals surface area contributed by atoms with Gasteiger partial charge in [-0.05, 0) is 30.7 Å². The third-order valence-electron chi connectivity index (χ3n) is 4.48. The maximum absolute atomic E-state index is 12.3. The molecule has 1 N–H and O–H groups in total. The first-order valence-corrected chi connectivity index (χ1v) is 8.82. The van der Waals surface area contributed by atoms with Crippen LogP contribution in [0.3, 0.4) is 0 Å². The van der Waals surface area contributed by atoms with Gasteiger partial charge in [-0.2, -0.15) is 0 Å². The van der Waals surface area contributed by atoms with Crippen LogP contribution in [0.4, 0.5) is 0 Å². The van der Waals surface area contributed by atoms with Crippen molar-refractivity contribution in [1.82, 2.24) is 15.1 Å². The van der Waals surface area contributed by atoms with Crippen molar-refractivity contribution in [3.8, 4) is 5.75 Å². The summed E-state index contributed by atoms with van der Waals surface area (Å²) < 4.78 is 5.24. The predicted molar refractivity (Wildman–Crippen MR) is 97.3 cm³/mol. The smallest absolute Gasteiger partial charge is 0.220 e. The van der Waals surface area contributed by atoms with Crippen molar-refractivity contribution in [2.45, 2.75) is 26.3 Å². The third-order valence-corrected chi connectivity index (χ3v) is 4.48. The molecule has 0 bridgehead atoms. The summed E-state index contributed by atoms with van der Waals surface area (Å²) in [6.45, 7) is 9.24. The number of carbonyl (C=O) groups excluding carboxylic acids is 1. The molecular weight excluding hydrogens is 302 g/mol. The number of nitrogens with one attached hydrogen (secondary N) is 1. The van der Waals surface area contributed by atoms with Crippen LogP contribution < -0.4 is 10.1 Å². The molecule has 1 saturated heterocycles. The van der Waals surface area contributed by atoms with E-state index >= 15 is 0 Å². The number of hydrogen-bond acceptors (Lipinski definition) is 4. The van der Waals surface area contributed by atoms with Crippen LogP contribution >= 0.6 is 0 Å². The second kappa shape index (κ2) is 9.04. The van der Waals surface area contributed by atoms with Gasteiger partial charge in [0.1, 0.15) is 5.75 Å². The molecule has 5 nitrogen and oxygen atoms in total. The maximum atomic E-state index is 12.3. The zero-order valence-corrected chi connectivity index (χ0v) is 15.4. The van der Waals surface area contributed by atoms with Gasteiger partial charge in [0.25, 0.3) is 0 Å². The number of amides is 1. The number of piperazine rings is 1. The topological polar surface area (TPSA) is 44.8 Å². The van der Waals surface area contributed by atoms with E-state index in [1.807, 2.05) is 12.1 Å². The van der Waals surface area contributed by atoms with Crippen LogP contribution in [-0.4, -0.2) is 62.6 Å². The maximum Gasteiger partial charge on any atom is 0.220 e. The normalized spacial score (nSPS) is 17.7. The van der Waals surface area contributed by atoms with E-state index in [9.17, 15) is 4.79 Å². The van der Waals surface area contributed by atoms with Crippen LogP contribution in [-0.2, 0) is 4.79 Å². The zero-order chi connectivity index (χ0) is 17.5. The Morgan fingerprint density at radius 1 is 1.17 bits per heavy atom. The number of rotatable bonds is 7. The van der Waals surface area contributed by atoms with Crippen molar-refractivity contribution in [2.24, 2.45) is 5.92 Å². The number of ether oxygens (including phenoxy) is 1. The lowest BCUT2D eigenvalue weighted by Crippen LogP contribution is -2.47. The number of carbonyl (C=O) groups is 1. The molecule has 0 radical (unpaired) electrons. The molecule has 1 unspecified atom stereocenters. The minimum Gasteiger partial charge on any atom is -0.497 e. The summed E-state index contributed by atoms with van der Waals surface area (Å²) >= 11 is 0. The number of nitrogens with zero attached hydrogens (tertiary/aromatic N) is 2. The van der Waals surface area contributed by atoms with Gasteiger partial charge in [-0.15, -0.1) is 0 Å². The molecule has 0 spiro atoms. The zero-order valence-electron chi connectivity index (χ0n) is 15.4. The quantitative estimate of drug-likeness (QED) is 0.830. The van der Waals surface area contributed by atoms with Crippen molar-refractivity contribution in [1.29, 1.82) is 0 Å². The SMILES string of the molecule is COc1ccc(C(CN2CCN(C)CC2)NC(=O)CC(C)C)cc1. The monoisotopic (exact) mass is 333 g/mol. The van der Waals surface area contributed by atoms with E-state index in [-0.39, 0.29) is 11.9 Å². The van der Waals surface area contributed by atoms with Gasteiger partial charge in [-0.3, -0.25) is 9.69 Å². The van der Waals surface area contributed by atoms with Crippen LogP contribution in [0.1, 0.15) is 31.9 Å². The molecule has 134 valence electrons. The molecule has 1 heterocycles. The molecule has 1 atom stereocenters. The Balaban J connectivity index is 2.06. The number of benzene rings is 1. The van der Waals surface area contributed by atoms with Gasteiger partial charge >= 0.3 is 0 Å². The van der Waals surface area contributed by atoms with Crippen LogP contribution in [0.25, 0.3) is 0 Å². The van der Waals surface area contributed by atoms with E-state index in [0.717, 1.165) is 44.0 Å². The lowest BCUT2D eigenvalue weighted by atomic mass is 10.0. The Morgan fingerprint density at radius 3 is 2.33 bits per heavy atom. The van der Waals surface area contributed by atoms with Gasteiger partial charge in [-0.25, -0.2) is 0 Å². The molecule has 1 aromatic carbocycles. The summed E-state index contributed by atoms with van der Waals surface area (Å²) in [5.74, 6) is 1.33. The van der Waals surface area contributed by atoms with E-state index in [4.69, 9.17) is 4.74 Å². The van der Waals surface area contributed by atoms with Crippen molar-refractivity contribution in [3.63, 3.8) is 0 Å². The van der Waals surface area contributed by atoms with E-state index in [1.54, 1.807) is 7.11 Å². The molecule has 0 aromatic heterocycles. The molecule has 1 aromatic rings. The number of hydrogen-bond donors (Lipinski definition) is 1. The molecule has 0 saturated carbocycles. The molecule has 24 heavy (non-hydrogen) atoms. The van der Waals surface area contributed by atoms with Crippen molar-refractivity contribution >= 4 is 5.91 Å². The summed E-state index contributed by atoms with van der Waals surface area (Å²) in [5.41, 5.74) is 1.13. The first kappa shape index (κ1) is 18.7. The second-order valence-electron chi connectivity index (χ2n) is 7.10. The Hall–Kier alpha value is -1.59. The second-order valence-corrected chi connectivity index (χ2v) is 7.10. The first-order chi connectivity index (χ1) is 11.5. The molecule has 1 amide bonds. The lowest BCUT2D eigenvalue weighted by Gasteiger charge is -2.35. The predicted octanol–water partition coefficient (Wildman–Crippen LogP) is 2.15. The summed E-state index contributed by atoms with van der Waals surface area (Å²) in [6.07, 6.45) is 0.565. The molecular formula is C19H31N3O2. The van der Waals surface area contributed by atoms with Crippen molar-refractivity contribution in [3.05, 3.63) is 29.8 Å². The highest BCUT2D eigenvalue weighted by atomic mass is 16.5. The van der Waals surface area contributed by atoms with Crippen molar-refractivity contribution in [2.75, 3.05) is 46.9 Å². The van der Waals surface area contributed by atoms with E-state index in [0.29, 0.717) is 12.3 Å². The van der Waals surface area contributed by atoms with E-state index < -0.39 is 0 Å². The molecule has 1 aliphatic heterocycles. The van der Waals surface area contributed by atoms with Gasteiger partial charge in [0.2, 0.25) is 5.91 Å². The Morgan fingerprint density at radius 2 is 1.79 bits per heavy atom. The highest BCUT2D eigenvalue weighted by Crippen LogP contribution is 2.20. The number of likely N-dealkylation sites (N-methyl/N-ethyl adjacent to an activating group) is 1. The molecule has 1 fully saturated rings. The Labute approximate surface area is 146 Å². The molecule has 5 heteroatoms. The minimum atomic E-state index is 0.0190.